The summed E-state index contributed by atoms with van der Waals surface area (Å²) in [5.74, 6) is -1.91. The van der Waals surface area contributed by atoms with Crippen LogP contribution in [-0.4, -0.2) is 68.5 Å². The van der Waals surface area contributed by atoms with Gasteiger partial charge in [-0.25, -0.2) is 9.78 Å². The molecule has 1 aromatic carbocycles. The number of β-lactam (4-membered cyclic amide) rings is 1. The molecule has 1 unspecified atom stereocenters. The highest BCUT2D eigenvalue weighted by molar-refractivity contribution is 8.14. The van der Waals surface area contributed by atoms with Gasteiger partial charge in [0.25, 0.3) is 5.91 Å². The number of fused-ring (bicyclic) bond motifs is 1. The Bertz CT molecular complexity index is 1330. The smallest absolute Gasteiger partial charge is 0.357 e. The van der Waals surface area contributed by atoms with Crippen molar-refractivity contribution < 1.29 is 33.4 Å². The highest BCUT2D eigenvalue weighted by Crippen LogP contribution is 2.41. The van der Waals surface area contributed by atoms with Crippen molar-refractivity contribution >= 4 is 69.4 Å². The van der Waals surface area contributed by atoms with Crippen LogP contribution in [-0.2, 0) is 35.1 Å². The number of anilines is 1. The van der Waals surface area contributed by atoms with Crippen LogP contribution in [0.2, 0.25) is 0 Å². The van der Waals surface area contributed by atoms with E-state index in [2.05, 4.69) is 10.3 Å². The van der Waals surface area contributed by atoms with Crippen molar-refractivity contribution in [3.8, 4) is 0 Å². The van der Waals surface area contributed by atoms with Crippen LogP contribution >= 0.6 is 34.9 Å². The number of carbonyl (C=O) groups is 5. The van der Waals surface area contributed by atoms with Gasteiger partial charge in [-0.15, -0.1) is 23.1 Å². The largest absolute Gasteiger partial charge is 0.428 e. The van der Waals surface area contributed by atoms with E-state index in [1.54, 1.807) is 30.5 Å². The Labute approximate surface area is 230 Å². The molecule has 14 heteroatoms. The Balaban J connectivity index is 1.48. The third-order valence-corrected chi connectivity index (χ3v) is 8.92. The first-order valence-electron chi connectivity index (χ1n) is 11.3. The Morgan fingerprint density at radius 3 is 2.68 bits per heavy atom. The molecule has 2 amide bonds. The Morgan fingerprint density at radius 1 is 1.24 bits per heavy atom. The van der Waals surface area contributed by atoms with Gasteiger partial charge in [0, 0.05) is 35.2 Å². The van der Waals surface area contributed by atoms with Gasteiger partial charge in [0.1, 0.15) is 17.1 Å². The molecule has 0 aliphatic carbocycles. The number of carbonyl (C=O) groups excluding carboxylic acids is 5. The number of nitrogens with one attached hydrogen (secondary N) is 1. The molecule has 2 aliphatic heterocycles. The minimum atomic E-state index is -0.861. The quantitative estimate of drug-likeness (QED) is 0.194. The summed E-state index contributed by atoms with van der Waals surface area (Å²) in [5.41, 5.74) is 7.53. The van der Waals surface area contributed by atoms with E-state index < -0.39 is 36.1 Å². The first-order valence-corrected chi connectivity index (χ1v) is 14.2. The highest BCUT2D eigenvalue weighted by Gasteiger charge is 2.54. The summed E-state index contributed by atoms with van der Waals surface area (Å²) in [6.45, 7) is 2.40. The van der Waals surface area contributed by atoms with Crippen LogP contribution in [0.25, 0.3) is 0 Å². The van der Waals surface area contributed by atoms with E-state index in [1.165, 1.54) is 34.9 Å². The number of nitrogen functional groups attached to an aromatic ring is 1. The van der Waals surface area contributed by atoms with E-state index in [4.69, 9.17) is 15.2 Å². The summed E-state index contributed by atoms with van der Waals surface area (Å²) in [4.78, 5) is 68.6. The first kappa shape index (κ1) is 27.7. The molecule has 1 fully saturated rings. The second-order valence-electron chi connectivity index (χ2n) is 8.32. The standard InChI is InChI=1S/C24H24N4O7S3/c1-12-8-26-20(38-12)24(33)37-10-15-9-36-22-18(27-17(30)7-14-5-3-4-6-16(14)25)21(31)28(22)19(15)23(32)35-11-34-13(2)29/h3-6,8,18,22H,7,9-11,25H2,1-2H3,(H,27,30)/t18?,22-/m1/s1. The summed E-state index contributed by atoms with van der Waals surface area (Å²) in [5, 5.41) is 2.28. The van der Waals surface area contributed by atoms with Gasteiger partial charge >= 0.3 is 11.9 Å². The van der Waals surface area contributed by atoms with E-state index in [9.17, 15) is 24.0 Å². The van der Waals surface area contributed by atoms with Crippen LogP contribution in [0, 0.1) is 6.92 Å². The number of para-hydroxylation sites is 1. The normalized spacial score (nSPS) is 18.4. The van der Waals surface area contributed by atoms with Crippen LogP contribution in [0.5, 0.6) is 0 Å². The molecule has 38 heavy (non-hydrogen) atoms. The summed E-state index contributed by atoms with van der Waals surface area (Å²) < 4.78 is 9.78. The molecule has 200 valence electrons. The fourth-order valence-electron chi connectivity index (χ4n) is 3.77. The molecular formula is C24H24N4O7S3. The average Bonchev–Trinajstić information content (AvgIpc) is 3.32. The monoisotopic (exact) mass is 576 g/mol. The van der Waals surface area contributed by atoms with E-state index in [1.807, 2.05) is 6.92 Å². The molecule has 2 aromatic rings. The number of hydrogen-bond acceptors (Lipinski definition) is 12. The molecule has 0 spiro atoms. The summed E-state index contributed by atoms with van der Waals surface area (Å²) in [7, 11) is 0. The molecule has 1 saturated heterocycles. The SMILES string of the molecule is CC(=O)OCOC(=O)C1=C(CSC(=O)c2ncc(C)s2)CS[C@@H]2C(NC(=O)Cc3ccccc3N)C(=O)N12. The molecule has 2 aliphatic rings. The summed E-state index contributed by atoms with van der Waals surface area (Å²) in [6.07, 6.45) is 1.61. The number of nitrogens with zero attached hydrogens (tertiary/aromatic N) is 2. The van der Waals surface area contributed by atoms with Crippen LogP contribution in [0.15, 0.2) is 41.7 Å². The number of esters is 2. The molecule has 2 atom stereocenters. The number of benzene rings is 1. The third kappa shape index (κ3) is 6.19. The highest BCUT2D eigenvalue weighted by atomic mass is 32.2. The number of aromatic nitrogens is 1. The van der Waals surface area contributed by atoms with Crippen LogP contribution in [0.1, 0.15) is 27.2 Å². The van der Waals surface area contributed by atoms with Gasteiger partial charge in [-0.3, -0.25) is 24.1 Å². The lowest BCUT2D eigenvalue weighted by molar-refractivity contribution is -0.166. The summed E-state index contributed by atoms with van der Waals surface area (Å²) >= 11 is 3.60. The van der Waals surface area contributed by atoms with Gasteiger partial charge < -0.3 is 20.5 Å². The predicted octanol–water partition coefficient (Wildman–Crippen LogP) is 1.87. The molecule has 4 rings (SSSR count). The van der Waals surface area contributed by atoms with Gasteiger partial charge in [-0.1, -0.05) is 30.0 Å². The van der Waals surface area contributed by atoms with E-state index in [0.29, 0.717) is 27.6 Å². The number of rotatable bonds is 9. The molecule has 0 saturated carbocycles. The number of ether oxygens (including phenoxy) is 2. The molecule has 3 N–H and O–H groups in total. The lowest BCUT2D eigenvalue weighted by atomic mass is 10.0. The maximum Gasteiger partial charge on any atom is 0.357 e. The molecule has 1 aromatic heterocycles. The van der Waals surface area contributed by atoms with Gasteiger partial charge in [0.2, 0.25) is 17.8 Å². The number of hydrogen-bond donors (Lipinski definition) is 2. The minimum absolute atomic E-state index is 0.00119. The maximum atomic E-state index is 13.1. The molecular weight excluding hydrogens is 552 g/mol. The van der Waals surface area contributed by atoms with Gasteiger partial charge in [0.05, 0.1) is 6.42 Å². The number of nitrogens with two attached hydrogens (primary N) is 1. The van der Waals surface area contributed by atoms with Crippen molar-refractivity contribution in [3.05, 3.63) is 57.2 Å². The molecule has 0 radical (unpaired) electrons. The molecule has 0 bridgehead atoms. The van der Waals surface area contributed by atoms with Crippen LogP contribution in [0.3, 0.4) is 0 Å². The molecule has 3 heterocycles. The lowest BCUT2D eigenvalue weighted by Crippen LogP contribution is -2.70. The van der Waals surface area contributed by atoms with Gasteiger partial charge in [-0.2, -0.15) is 0 Å². The Kier molecular flexibility index (Phi) is 8.74. The second-order valence-corrected chi connectivity index (χ2v) is 11.6. The second kappa shape index (κ2) is 12.0. The zero-order valence-electron chi connectivity index (χ0n) is 20.4. The van der Waals surface area contributed by atoms with Crippen LogP contribution < -0.4 is 11.1 Å². The van der Waals surface area contributed by atoms with E-state index in [0.717, 1.165) is 16.6 Å². The number of amides is 2. The molecule has 11 nitrogen and oxygen atoms in total. The third-order valence-electron chi connectivity index (χ3n) is 5.59. The van der Waals surface area contributed by atoms with E-state index in [-0.39, 0.29) is 28.9 Å². The maximum absolute atomic E-state index is 13.1. The van der Waals surface area contributed by atoms with Gasteiger partial charge in [-0.05, 0) is 24.1 Å². The first-order chi connectivity index (χ1) is 18.2. The average molecular weight is 577 g/mol. The number of thiazole rings is 1. The van der Waals surface area contributed by atoms with Crippen molar-refractivity contribution in [3.63, 3.8) is 0 Å². The zero-order valence-corrected chi connectivity index (χ0v) is 22.9. The van der Waals surface area contributed by atoms with Crippen molar-refractivity contribution in [2.24, 2.45) is 0 Å². The van der Waals surface area contributed by atoms with Crippen molar-refractivity contribution in [1.82, 2.24) is 15.2 Å². The summed E-state index contributed by atoms with van der Waals surface area (Å²) in [6, 6.07) is 6.11. The minimum Gasteiger partial charge on any atom is -0.428 e. The van der Waals surface area contributed by atoms with Crippen molar-refractivity contribution in [2.75, 3.05) is 24.0 Å². The Morgan fingerprint density at radius 2 is 2.00 bits per heavy atom. The number of thioether (sulfide) groups is 2. The fraction of sp³-hybridized carbons (Fsp3) is 0.333. The van der Waals surface area contributed by atoms with Crippen molar-refractivity contribution in [1.29, 1.82) is 0 Å². The van der Waals surface area contributed by atoms with Crippen LogP contribution in [0.4, 0.5) is 5.69 Å². The van der Waals surface area contributed by atoms with Crippen molar-refractivity contribution in [2.45, 2.75) is 31.7 Å². The number of aryl methyl sites for hydroxylation is 1. The van der Waals surface area contributed by atoms with Gasteiger partial charge in [0.15, 0.2) is 5.01 Å². The topological polar surface area (TPSA) is 158 Å². The Hall–Kier alpha value is -3.36. The fourth-order valence-corrected chi connectivity index (χ4v) is 6.87. The van der Waals surface area contributed by atoms with E-state index >= 15 is 0 Å². The predicted molar refractivity (Wildman–Crippen MR) is 143 cm³/mol. The lowest BCUT2D eigenvalue weighted by Gasteiger charge is -2.49. The zero-order chi connectivity index (χ0) is 27.4.